The van der Waals surface area contributed by atoms with E-state index in [1.54, 1.807) is 31.2 Å². The first-order valence-corrected chi connectivity index (χ1v) is 11.5. The van der Waals surface area contributed by atoms with Gasteiger partial charge in [-0.3, -0.25) is 14.2 Å². The van der Waals surface area contributed by atoms with Crippen molar-refractivity contribution in [3.05, 3.63) is 51.3 Å². The van der Waals surface area contributed by atoms with Crippen LogP contribution in [0.5, 0.6) is 5.88 Å². The van der Waals surface area contributed by atoms with Gasteiger partial charge in [0.1, 0.15) is 11.6 Å². The molecule has 0 aliphatic carbocycles. The van der Waals surface area contributed by atoms with Gasteiger partial charge in [0.05, 0.1) is 5.69 Å². The van der Waals surface area contributed by atoms with Gasteiger partial charge in [-0.15, -0.1) is 5.11 Å². The molecule has 0 radical (unpaired) electrons. The Bertz CT molecular complexity index is 1080. The standard InChI is InChI=1S/C25H33N5O3/c1-5-8-9-18(7-3)16-27-23(31)19-10-12-20(13-11-19)28-29-22-17(4)21(15-26)24(32)30(14-6-2)25(22)33/h10-13,18,33H,5-9,14,16H2,1-4H3,(H,27,31)/b29-28+. The molecule has 176 valence electrons. The van der Waals surface area contributed by atoms with Crippen LogP contribution in [0.3, 0.4) is 0 Å². The molecule has 1 aromatic carbocycles. The van der Waals surface area contributed by atoms with Gasteiger partial charge in [0.2, 0.25) is 5.88 Å². The van der Waals surface area contributed by atoms with Crippen molar-refractivity contribution in [2.24, 2.45) is 16.1 Å². The van der Waals surface area contributed by atoms with Crippen LogP contribution in [0.1, 0.15) is 74.4 Å². The van der Waals surface area contributed by atoms with E-state index in [9.17, 15) is 20.0 Å². The molecule has 0 aliphatic heterocycles. The first kappa shape index (κ1) is 25.8. The summed E-state index contributed by atoms with van der Waals surface area (Å²) in [6.07, 6.45) is 5.06. The number of rotatable bonds is 11. The molecule has 0 fully saturated rings. The number of aromatic nitrogens is 1. The van der Waals surface area contributed by atoms with Crippen LogP contribution in [0.15, 0.2) is 39.3 Å². The van der Waals surface area contributed by atoms with Crippen molar-refractivity contribution in [1.29, 1.82) is 5.26 Å². The molecule has 1 unspecified atom stereocenters. The van der Waals surface area contributed by atoms with E-state index in [0.29, 0.717) is 30.1 Å². The summed E-state index contributed by atoms with van der Waals surface area (Å²) < 4.78 is 1.14. The summed E-state index contributed by atoms with van der Waals surface area (Å²) in [5, 5.41) is 31.1. The number of hydrogen-bond acceptors (Lipinski definition) is 6. The van der Waals surface area contributed by atoms with Gasteiger partial charge in [-0.2, -0.15) is 10.4 Å². The maximum Gasteiger partial charge on any atom is 0.271 e. The highest BCUT2D eigenvalue weighted by atomic mass is 16.3. The molecule has 0 aliphatic rings. The van der Waals surface area contributed by atoms with Gasteiger partial charge < -0.3 is 10.4 Å². The predicted molar refractivity (Wildman–Crippen MR) is 128 cm³/mol. The number of nitriles is 1. The van der Waals surface area contributed by atoms with E-state index in [0.717, 1.165) is 30.3 Å². The number of benzene rings is 1. The summed E-state index contributed by atoms with van der Waals surface area (Å²) in [6.45, 7) is 8.65. The average Bonchev–Trinajstić information content (AvgIpc) is 2.82. The highest BCUT2D eigenvalue weighted by Gasteiger charge is 2.18. The number of carbonyl (C=O) groups is 1. The lowest BCUT2D eigenvalue weighted by Gasteiger charge is -2.15. The van der Waals surface area contributed by atoms with E-state index < -0.39 is 5.56 Å². The van der Waals surface area contributed by atoms with E-state index in [1.807, 2.05) is 13.0 Å². The third-order valence-electron chi connectivity index (χ3n) is 5.71. The molecule has 8 heteroatoms. The molecule has 0 saturated heterocycles. The lowest BCUT2D eigenvalue weighted by Crippen LogP contribution is -2.29. The maximum absolute atomic E-state index is 12.5. The van der Waals surface area contributed by atoms with Gasteiger partial charge in [0, 0.05) is 24.2 Å². The zero-order chi connectivity index (χ0) is 24.4. The van der Waals surface area contributed by atoms with Gasteiger partial charge in [0.25, 0.3) is 11.5 Å². The number of aromatic hydroxyl groups is 1. The molecule has 33 heavy (non-hydrogen) atoms. The second-order valence-electron chi connectivity index (χ2n) is 8.11. The Morgan fingerprint density at radius 1 is 1.18 bits per heavy atom. The summed E-state index contributed by atoms with van der Waals surface area (Å²) in [7, 11) is 0. The van der Waals surface area contributed by atoms with Crippen LogP contribution in [0.25, 0.3) is 0 Å². The Labute approximate surface area is 195 Å². The molecule has 0 saturated carbocycles. The van der Waals surface area contributed by atoms with Crippen molar-refractivity contribution in [2.45, 2.75) is 66.3 Å². The minimum absolute atomic E-state index is 0.0634. The second-order valence-corrected chi connectivity index (χ2v) is 8.11. The number of pyridine rings is 1. The first-order chi connectivity index (χ1) is 15.9. The van der Waals surface area contributed by atoms with Gasteiger partial charge >= 0.3 is 0 Å². The van der Waals surface area contributed by atoms with Crippen LogP contribution in [0.2, 0.25) is 0 Å². The quantitative estimate of drug-likeness (QED) is 0.438. The lowest BCUT2D eigenvalue weighted by molar-refractivity contribution is 0.0946. The zero-order valence-electron chi connectivity index (χ0n) is 19.9. The maximum atomic E-state index is 12.5. The normalized spacial score (nSPS) is 12.0. The molecule has 2 N–H and O–H groups in total. The van der Waals surface area contributed by atoms with Gasteiger partial charge in [-0.1, -0.05) is 40.0 Å². The summed E-state index contributed by atoms with van der Waals surface area (Å²) >= 11 is 0. The van der Waals surface area contributed by atoms with Gasteiger partial charge in [0.15, 0.2) is 5.69 Å². The van der Waals surface area contributed by atoms with Crippen LogP contribution < -0.4 is 10.9 Å². The summed E-state index contributed by atoms with van der Waals surface area (Å²) in [5.41, 5.74) is 0.767. The SMILES string of the molecule is CCCCC(CC)CNC(=O)c1ccc(/N=N/c2c(C)c(C#N)c(=O)n(CCC)c2O)cc1. The zero-order valence-corrected chi connectivity index (χ0v) is 19.9. The van der Waals surface area contributed by atoms with Gasteiger partial charge in [-0.05, 0) is 49.9 Å². The fraction of sp³-hybridized carbons (Fsp3) is 0.480. The summed E-state index contributed by atoms with van der Waals surface area (Å²) in [4.78, 5) is 24.9. The monoisotopic (exact) mass is 451 g/mol. The molecule has 1 aromatic heterocycles. The Morgan fingerprint density at radius 2 is 1.88 bits per heavy atom. The predicted octanol–water partition coefficient (Wildman–Crippen LogP) is 5.51. The minimum atomic E-state index is -0.538. The minimum Gasteiger partial charge on any atom is -0.493 e. The van der Waals surface area contributed by atoms with Crippen molar-refractivity contribution in [1.82, 2.24) is 9.88 Å². The van der Waals surface area contributed by atoms with Crippen molar-refractivity contribution in [3.63, 3.8) is 0 Å². The molecular formula is C25H33N5O3. The van der Waals surface area contributed by atoms with Crippen LogP contribution in [0.4, 0.5) is 11.4 Å². The van der Waals surface area contributed by atoms with E-state index >= 15 is 0 Å². The number of carbonyl (C=O) groups excluding carboxylic acids is 1. The third kappa shape index (κ3) is 6.51. The molecule has 0 spiro atoms. The molecule has 2 aromatic rings. The number of nitrogens with zero attached hydrogens (tertiary/aromatic N) is 4. The molecule has 2 rings (SSSR count). The Morgan fingerprint density at radius 3 is 2.45 bits per heavy atom. The highest BCUT2D eigenvalue weighted by Crippen LogP contribution is 2.32. The van der Waals surface area contributed by atoms with Gasteiger partial charge in [-0.25, -0.2) is 0 Å². The van der Waals surface area contributed by atoms with Crippen LogP contribution >= 0.6 is 0 Å². The first-order valence-electron chi connectivity index (χ1n) is 11.5. The topological polar surface area (TPSA) is 120 Å². The van der Waals surface area contributed by atoms with E-state index in [2.05, 4.69) is 29.4 Å². The molecule has 0 bridgehead atoms. The van der Waals surface area contributed by atoms with E-state index in [1.165, 1.54) is 0 Å². The average molecular weight is 452 g/mol. The van der Waals surface area contributed by atoms with E-state index in [-0.39, 0.29) is 35.1 Å². The largest absolute Gasteiger partial charge is 0.493 e. The van der Waals surface area contributed by atoms with Crippen LogP contribution in [-0.4, -0.2) is 22.1 Å². The molecule has 1 amide bonds. The second kappa shape index (κ2) is 12.5. The molecule has 1 atom stereocenters. The molecular weight excluding hydrogens is 418 g/mol. The molecule has 8 nitrogen and oxygen atoms in total. The fourth-order valence-corrected chi connectivity index (χ4v) is 3.56. The van der Waals surface area contributed by atoms with Crippen molar-refractivity contribution in [3.8, 4) is 11.9 Å². The Kier molecular flexibility index (Phi) is 9.80. The summed E-state index contributed by atoms with van der Waals surface area (Å²) in [6, 6.07) is 8.55. The molecule has 1 heterocycles. The van der Waals surface area contributed by atoms with Crippen molar-refractivity contribution < 1.29 is 9.90 Å². The number of hydrogen-bond donors (Lipinski definition) is 2. The van der Waals surface area contributed by atoms with Crippen LogP contribution in [0, 0.1) is 24.2 Å². The summed E-state index contributed by atoms with van der Waals surface area (Å²) in [5.74, 6) is 0.0334. The van der Waals surface area contributed by atoms with Crippen molar-refractivity contribution >= 4 is 17.3 Å². The number of azo groups is 1. The van der Waals surface area contributed by atoms with Crippen LogP contribution in [-0.2, 0) is 6.54 Å². The number of nitrogens with one attached hydrogen (secondary N) is 1. The highest BCUT2D eigenvalue weighted by molar-refractivity contribution is 5.94. The van der Waals surface area contributed by atoms with E-state index in [4.69, 9.17) is 0 Å². The fourth-order valence-electron chi connectivity index (χ4n) is 3.56. The number of unbranched alkanes of at least 4 members (excludes halogenated alkanes) is 1. The Hall–Kier alpha value is -3.47. The number of amides is 1. The Balaban J connectivity index is 2.18. The smallest absolute Gasteiger partial charge is 0.271 e. The third-order valence-corrected chi connectivity index (χ3v) is 5.71. The van der Waals surface area contributed by atoms with Crippen molar-refractivity contribution in [2.75, 3.05) is 6.54 Å². The lowest BCUT2D eigenvalue weighted by atomic mass is 9.99.